The molecule has 158 valence electrons. The van der Waals surface area contributed by atoms with E-state index < -0.39 is 5.69 Å². The number of nitrogens with zero attached hydrogens (tertiary/aromatic N) is 4. The minimum atomic E-state index is -0.405. The van der Waals surface area contributed by atoms with Crippen molar-refractivity contribution in [3.8, 4) is 17.0 Å². The summed E-state index contributed by atoms with van der Waals surface area (Å²) in [6.07, 6.45) is 0. The van der Waals surface area contributed by atoms with Crippen molar-refractivity contribution in [1.82, 2.24) is 19.2 Å². The van der Waals surface area contributed by atoms with E-state index in [2.05, 4.69) is 15.4 Å². The molecule has 0 fully saturated rings. The molecule has 0 spiro atoms. The first kappa shape index (κ1) is 20.3. The third-order valence-electron chi connectivity index (χ3n) is 5.29. The largest absolute Gasteiger partial charge is 0.497 e. The number of carbonyl (C=O) groups is 1. The Hall–Kier alpha value is -3.94. The maximum absolute atomic E-state index is 12.8. The summed E-state index contributed by atoms with van der Waals surface area (Å²) in [5, 5.41) is 7.21. The summed E-state index contributed by atoms with van der Waals surface area (Å²) in [6.45, 7) is 5.47. The lowest BCUT2D eigenvalue weighted by molar-refractivity contribution is -0.117. The zero-order valence-electron chi connectivity index (χ0n) is 17.8. The molecule has 0 atom stereocenters. The number of aromatic nitrogens is 4. The van der Waals surface area contributed by atoms with Crippen LogP contribution < -0.4 is 15.7 Å². The van der Waals surface area contributed by atoms with E-state index in [0.717, 1.165) is 32.8 Å². The highest BCUT2D eigenvalue weighted by molar-refractivity contribution is 5.91. The van der Waals surface area contributed by atoms with Crippen LogP contribution in [-0.4, -0.2) is 32.2 Å². The van der Waals surface area contributed by atoms with Crippen molar-refractivity contribution in [2.75, 3.05) is 12.4 Å². The third kappa shape index (κ3) is 3.92. The highest BCUT2D eigenvalue weighted by Gasteiger charge is 2.15. The first-order valence-electron chi connectivity index (χ1n) is 9.85. The van der Waals surface area contributed by atoms with Crippen molar-refractivity contribution in [2.24, 2.45) is 0 Å². The fraction of sp³-hybridized carbons (Fsp3) is 0.217. The first-order valence-corrected chi connectivity index (χ1v) is 9.85. The van der Waals surface area contributed by atoms with Crippen LogP contribution in [0.2, 0.25) is 0 Å². The molecule has 0 saturated carbocycles. The number of benzene rings is 2. The summed E-state index contributed by atoms with van der Waals surface area (Å²) in [7, 11) is 1.61. The van der Waals surface area contributed by atoms with Crippen LogP contribution >= 0.6 is 0 Å². The first-order chi connectivity index (χ1) is 14.9. The van der Waals surface area contributed by atoms with Gasteiger partial charge in [-0.2, -0.15) is 0 Å². The average Bonchev–Trinajstić information content (AvgIpc) is 3.07. The zero-order valence-corrected chi connectivity index (χ0v) is 17.8. The Morgan fingerprint density at radius 2 is 1.84 bits per heavy atom. The number of hydrogen-bond acceptors (Lipinski definition) is 5. The number of nitrogens with one attached hydrogen (secondary N) is 1. The van der Waals surface area contributed by atoms with Gasteiger partial charge in [0.05, 0.1) is 12.8 Å². The summed E-state index contributed by atoms with van der Waals surface area (Å²) in [6, 6.07) is 14.9. The van der Waals surface area contributed by atoms with E-state index in [1.165, 1.54) is 4.40 Å². The minimum Gasteiger partial charge on any atom is -0.497 e. The number of fused-ring (bicyclic) bond motifs is 1. The maximum Gasteiger partial charge on any atom is 0.352 e. The third-order valence-corrected chi connectivity index (χ3v) is 5.29. The van der Waals surface area contributed by atoms with Gasteiger partial charge >= 0.3 is 5.69 Å². The summed E-state index contributed by atoms with van der Waals surface area (Å²) >= 11 is 0. The van der Waals surface area contributed by atoms with Crippen molar-refractivity contribution in [3.05, 3.63) is 76.0 Å². The number of methoxy groups -OCH3 is 1. The van der Waals surface area contributed by atoms with Gasteiger partial charge in [0.1, 0.15) is 18.1 Å². The summed E-state index contributed by atoms with van der Waals surface area (Å²) in [5.41, 5.74) is 4.38. The maximum atomic E-state index is 12.8. The molecule has 1 N–H and O–H groups in total. The van der Waals surface area contributed by atoms with Crippen molar-refractivity contribution >= 4 is 17.2 Å². The standard InChI is InChI=1S/C23H23N5O3/c1-14-6-5-7-19(15(14)2)25-22(29)13-27-23(30)28-16(3)24-20(12-21(28)26-27)17-8-10-18(31-4)11-9-17/h5-12H,13H2,1-4H3,(H,25,29). The lowest BCUT2D eigenvalue weighted by Gasteiger charge is -2.09. The number of aryl methyl sites for hydroxylation is 2. The molecule has 2 aromatic carbocycles. The van der Waals surface area contributed by atoms with Gasteiger partial charge in [-0.05, 0) is 62.2 Å². The van der Waals surface area contributed by atoms with Gasteiger partial charge in [0, 0.05) is 17.3 Å². The zero-order chi connectivity index (χ0) is 22.1. The Balaban J connectivity index is 1.64. The van der Waals surface area contributed by atoms with Gasteiger partial charge in [-0.15, -0.1) is 5.10 Å². The lowest BCUT2D eigenvalue weighted by Crippen LogP contribution is -2.29. The van der Waals surface area contributed by atoms with Crippen molar-refractivity contribution < 1.29 is 9.53 Å². The summed E-state index contributed by atoms with van der Waals surface area (Å²) < 4.78 is 7.75. The fourth-order valence-electron chi connectivity index (χ4n) is 3.43. The van der Waals surface area contributed by atoms with Gasteiger partial charge in [0.2, 0.25) is 5.91 Å². The molecule has 0 saturated heterocycles. The van der Waals surface area contributed by atoms with Crippen molar-refractivity contribution in [2.45, 2.75) is 27.3 Å². The summed E-state index contributed by atoms with van der Waals surface area (Å²) in [5.74, 6) is 0.923. The topological polar surface area (TPSA) is 90.5 Å². The lowest BCUT2D eigenvalue weighted by atomic mass is 10.1. The minimum absolute atomic E-state index is 0.189. The van der Waals surface area contributed by atoms with Crippen LogP contribution in [0.4, 0.5) is 5.69 Å². The molecule has 0 aliphatic heterocycles. The summed E-state index contributed by atoms with van der Waals surface area (Å²) in [4.78, 5) is 29.9. The van der Waals surface area contributed by atoms with E-state index >= 15 is 0 Å². The van der Waals surface area contributed by atoms with Crippen LogP contribution in [-0.2, 0) is 11.3 Å². The molecule has 8 heteroatoms. The van der Waals surface area contributed by atoms with Gasteiger partial charge in [-0.3, -0.25) is 4.79 Å². The van der Waals surface area contributed by atoms with Crippen LogP contribution in [0, 0.1) is 20.8 Å². The molecule has 31 heavy (non-hydrogen) atoms. The van der Waals surface area contributed by atoms with Gasteiger partial charge in [0.15, 0.2) is 5.65 Å². The van der Waals surface area contributed by atoms with Crippen LogP contribution in [0.5, 0.6) is 5.75 Å². The molecule has 4 aromatic rings. The average molecular weight is 417 g/mol. The second-order valence-electron chi connectivity index (χ2n) is 7.35. The number of anilines is 1. The highest BCUT2D eigenvalue weighted by Crippen LogP contribution is 2.22. The predicted molar refractivity (Wildman–Crippen MR) is 119 cm³/mol. The number of hydrogen-bond donors (Lipinski definition) is 1. The van der Waals surface area contributed by atoms with Gasteiger partial charge in [-0.25, -0.2) is 18.9 Å². The van der Waals surface area contributed by atoms with Gasteiger partial charge in [0.25, 0.3) is 0 Å². The van der Waals surface area contributed by atoms with Crippen molar-refractivity contribution in [3.63, 3.8) is 0 Å². The molecule has 0 bridgehead atoms. The Bertz CT molecular complexity index is 1340. The normalized spacial score (nSPS) is 11.0. The van der Waals surface area contributed by atoms with Crippen LogP contribution in [0.15, 0.2) is 53.3 Å². The SMILES string of the molecule is COc1ccc(-c2cc3nn(CC(=O)Nc4cccc(C)c4C)c(=O)n3c(C)n2)cc1. The van der Waals surface area contributed by atoms with E-state index in [1.54, 1.807) is 20.1 Å². The quantitative estimate of drug-likeness (QED) is 0.539. The number of ether oxygens (including phenoxy) is 1. The Morgan fingerprint density at radius 3 is 2.55 bits per heavy atom. The number of carbonyl (C=O) groups excluding carboxylic acids is 1. The Morgan fingerprint density at radius 1 is 1.10 bits per heavy atom. The second-order valence-corrected chi connectivity index (χ2v) is 7.35. The van der Waals surface area contributed by atoms with Gasteiger partial charge < -0.3 is 10.1 Å². The molecule has 2 aromatic heterocycles. The fourth-order valence-corrected chi connectivity index (χ4v) is 3.43. The van der Waals surface area contributed by atoms with E-state index in [-0.39, 0.29) is 12.5 Å². The molecule has 1 amide bonds. The van der Waals surface area contributed by atoms with Crippen LogP contribution in [0.3, 0.4) is 0 Å². The molecule has 0 aliphatic rings. The predicted octanol–water partition coefficient (Wildman–Crippen LogP) is 3.13. The molecule has 0 radical (unpaired) electrons. The molecule has 0 aliphatic carbocycles. The van der Waals surface area contributed by atoms with E-state index in [4.69, 9.17) is 4.74 Å². The molecular weight excluding hydrogens is 394 g/mol. The number of amides is 1. The van der Waals surface area contributed by atoms with E-state index in [1.807, 2.05) is 56.3 Å². The Labute approximate surface area is 179 Å². The van der Waals surface area contributed by atoms with Crippen LogP contribution in [0.1, 0.15) is 17.0 Å². The van der Waals surface area contributed by atoms with E-state index in [9.17, 15) is 9.59 Å². The van der Waals surface area contributed by atoms with Crippen molar-refractivity contribution in [1.29, 1.82) is 0 Å². The van der Waals surface area contributed by atoms with E-state index in [0.29, 0.717) is 17.2 Å². The smallest absolute Gasteiger partial charge is 0.352 e. The molecule has 0 unspecified atom stereocenters. The highest BCUT2D eigenvalue weighted by atomic mass is 16.5. The molecule has 2 heterocycles. The second kappa shape index (κ2) is 8.06. The van der Waals surface area contributed by atoms with Crippen LogP contribution in [0.25, 0.3) is 16.9 Å². The molecule has 4 rings (SSSR count). The monoisotopic (exact) mass is 417 g/mol. The van der Waals surface area contributed by atoms with Gasteiger partial charge in [-0.1, -0.05) is 12.1 Å². The molecular formula is C23H23N5O3. The Kier molecular flexibility index (Phi) is 5.29. The number of rotatable bonds is 5. The molecule has 8 nitrogen and oxygen atoms in total.